The summed E-state index contributed by atoms with van der Waals surface area (Å²) in [5.41, 5.74) is 0.693. The third kappa shape index (κ3) is 2.08. The Morgan fingerprint density at radius 2 is 2.06 bits per heavy atom. The molecular formula is C13H7IO2S. The van der Waals surface area contributed by atoms with Crippen LogP contribution in [0.15, 0.2) is 41.8 Å². The summed E-state index contributed by atoms with van der Waals surface area (Å²) in [6.45, 7) is 0. The van der Waals surface area contributed by atoms with Gasteiger partial charge >= 0.3 is 111 Å². The second-order valence-electron chi connectivity index (χ2n) is 3.29. The van der Waals surface area contributed by atoms with Crippen LogP contribution in [-0.2, 0) is 3.07 Å². The van der Waals surface area contributed by atoms with Crippen molar-refractivity contribution in [3.05, 3.63) is 55.8 Å². The van der Waals surface area contributed by atoms with Crippen LogP contribution in [0.5, 0.6) is 0 Å². The second kappa shape index (κ2) is 4.51. The third-order valence-electron chi connectivity index (χ3n) is 2.20. The zero-order chi connectivity index (χ0) is 11.7. The van der Waals surface area contributed by atoms with E-state index in [1.807, 2.05) is 41.8 Å². The molecule has 0 amide bonds. The van der Waals surface area contributed by atoms with E-state index in [1.165, 1.54) is 0 Å². The number of rotatable bonds is 0. The van der Waals surface area contributed by atoms with E-state index in [0.717, 1.165) is 8.45 Å². The molecule has 0 bridgehead atoms. The van der Waals surface area contributed by atoms with E-state index in [2.05, 4.69) is 9.85 Å². The molecule has 0 spiro atoms. The van der Waals surface area contributed by atoms with E-state index in [4.69, 9.17) is 3.07 Å². The van der Waals surface area contributed by atoms with Crippen LogP contribution in [0, 0.1) is 13.4 Å². The van der Waals surface area contributed by atoms with Gasteiger partial charge in [-0.3, -0.25) is 0 Å². The van der Waals surface area contributed by atoms with Crippen LogP contribution in [0.1, 0.15) is 15.2 Å². The normalized spacial score (nSPS) is 14.8. The van der Waals surface area contributed by atoms with Crippen LogP contribution >= 0.6 is 31.6 Å². The summed E-state index contributed by atoms with van der Waals surface area (Å²) in [4.78, 5) is 12.6. The van der Waals surface area contributed by atoms with Crippen molar-refractivity contribution < 1.29 is 7.86 Å². The van der Waals surface area contributed by atoms with Crippen LogP contribution in [-0.4, -0.2) is 5.97 Å². The summed E-state index contributed by atoms with van der Waals surface area (Å²) in [6, 6.07) is 11.5. The topological polar surface area (TPSA) is 26.3 Å². The first kappa shape index (κ1) is 10.8. The molecule has 0 fully saturated rings. The van der Waals surface area contributed by atoms with Gasteiger partial charge in [0.15, 0.2) is 0 Å². The SMILES string of the molecule is O=C1OI(C#Cc2cccs2)c2ccccc21. The second-order valence-corrected chi connectivity index (χ2v) is 7.80. The van der Waals surface area contributed by atoms with Crippen molar-refractivity contribution in [3.8, 4) is 9.85 Å². The Kier molecular flexibility index (Phi) is 2.87. The summed E-state index contributed by atoms with van der Waals surface area (Å²) in [6.07, 6.45) is 0. The Hall–Kier alpha value is -1.32. The number of hydrogen-bond acceptors (Lipinski definition) is 3. The zero-order valence-corrected chi connectivity index (χ0v) is 11.6. The van der Waals surface area contributed by atoms with E-state index in [-0.39, 0.29) is 5.97 Å². The minimum atomic E-state index is -2.07. The number of fused-ring (bicyclic) bond motifs is 1. The van der Waals surface area contributed by atoms with Crippen molar-refractivity contribution in [3.63, 3.8) is 0 Å². The molecule has 84 valence electrons. The van der Waals surface area contributed by atoms with Crippen LogP contribution in [0.25, 0.3) is 0 Å². The summed E-state index contributed by atoms with van der Waals surface area (Å²) in [5, 5.41) is 1.99. The van der Waals surface area contributed by atoms with Gasteiger partial charge in [0.2, 0.25) is 0 Å². The number of hydrogen-bond donors (Lipinski definition) is 0. The Morgan fingerprint density at radius 1 is 1.18 bits per heavy atom. The number of thiophene rings is 1. The van der Waals surface area contributed by atoms with Crippen molar-refractivity contribution in [2.75, 3.05) is 0 Å². The fourth-order valence-corrected chi connectivity index (χ4v) is 5.47. The third-order valence-corrected chi connectivity index (χ3v) is 6.58. The maximum atomic E-state index is 11.6. The van der Waals surface area contributed by atoms with Gasteiger partial charge in [-0.2, -0.15) is 0 Å². The van der Waals surface area contributed by atoms with Crippen LogP contribution in [0.3, 0.4) is 0 Å². The summed E-state index contributed by atoms with van der Waals surface area (Å²) < 4.78 is 9.54. The van der Waals surface area contributed by atoms with Crippen molar-refractivity contribution >= 4 is 37.5 Å². The Morgan fingerprint density at radius 3 is 2.88 bits per heavy atom. The van der Waals surface area contributed by atoms with Crippen molar-refractivity contribution in [2.24, 2.45) is 0 Å². The fraction of sp³-hybridized carbons (Fsp3) is 0. The first-order valence-electron chi connectivity index (χ1n) is 4.91. The van der Waals surface area contributed by atoms with Crippen molar-refractivity contribution in [2.45, 2.75) is 0 Å². The van der Waals surface area contributed by atoms with Gasteiger partial charge in [-0.1, -0.05) is 0 Å². The Labute approximate surface area is 111 Å². The Balaban J connectivity index is 1.95. The molecular weight excluding hydrogens is 347 g/mol. The van der Waals surface area contributed by atoms with Gasteiger partial charge < -0.3 is 0 Å². The molecule has 1 aliphatic rings. The molecule has 1 aromatic heterocycles. The molecule has 0 N–H and O–H groups in total. The van der Waals surface area contributed by atoms with Gasteiger partial charge in [0.05, 0.1) is 0 Å². The monoisotopic (exact) mass is 354 g/mol. The molecule has 2 aromatic rings. The first-order valence-corrected chi connectivity index (χ1v) is 8.83. The summed E-state index contributed by atoms with van der Waals surface area (Å²) in [5.74, 6) is 2.87. The molecule has 0 radical (unpaired) electrons. The van der Waals surface area contributed by atoms with Gasteiger partial charge in [0.25, 0.3) is 0 Å². The zero-order valence-electron chi connectivity index (χ0n) is 8.64. The van der Waals surface area contributed by atoms with Gasteiger partial charge in [0, 0.05) is 0 Å². The van der Waals surface area contributed by atoms with E-state index in [1.54, 1.807) is 11.3 Å². The van der Waals surface area contributed by atoms with Crippen LogP contribution in [0.4, 0.5) is 0 Å². The van der Waals surface area contributed by atoms with Gasteiger partial charge in [-0.15, -0.1) is 0 Å². The van der Waals surface area contributed by atoms with Crippen LogP contribution < -0.4 is 0 Å². The average Bonchev–Trinajstić information content (AvgIpc) is 2.96. The molecule has 1 aliphatic heterocycles. The standard InChI is InChI=1S/C13H7IO2S/c15-13-11-5-1-2-6-12(11)14(16-13)8-7-10-4-3-9-17-10/h1-6,9H. The van der Waals surface area contributed by atoms with Crippen molar-refractivity contribution in [1.29, 1.82) is 0 Å². The van der Waals surface area contributed by atoms with Gasteiger partial charge in [-0.25, -0.2) is 0 Å². The van der Waals surface area contributed by atoms with E-state index < -0.39 is 20.2 Å². The van der Waals surface area contributed by atoms with Crippen LogP contribution in [0.2, 0.25) is 0 Å². The molecule has 0 aliphatic carbocycles. The molecule has 0 saturated heterocycles. The van der Waals surface area contributed by atoms with Crippen molar-refractivity contribution in [1.82, 2.24) is 0 Å². The molecule has 2 heterocycles. The molecule has 0 saturated carbocycles. The number of carbonyl (C=O) groups excluding carboxylic acids is 1. The maximum absolute atomic E-state index is 11.6. The first-order chi connectivity index (χ1) is 8.34. The minimum absolute atomic E-state index is 0.216. The molecule has 0 atom stereocenters. The number of benzene rings is 1. The van der Waals surface area contributed by atoms with E-state index >= 15 is 0 Å². The molecule has 1 aromatic carbocycles. The number of halogens is 1. The van der Waals surface area contributed by atoms with E-state index in [0.29, 0.717) is 5.56 Å². The molecule has 4 heteroatoms. The van der Waals surface area contributed by atoms with Gasteiger partial charge in [-0.05, 0) is 0 Å². The molecule has 0 unspecified atom stereocenters. The predicted molar refractivity (Wildman–Crippen MR) is 75.8 cm³/mol. The molecule has 2 nitrogen and oxygen atoms in total. The predicted octanol–water partition coefficient (Wildman–Crippen LogP) is 3.52. The molecule has 17 heavy (non-hydrogen) atoms. The van der Waals surface area contributed by atoms with Gasteiger partial charge in [0.1, 0.15) is 0 Å². The number of carbonyl (C=O) groups is 1. The summed E-state index contributed by atoms with van der Waals surface area (Å²) in [7, 11) is 0. The molecule has 3 rings (SSSR count). The van der Waals surface area contributed by atoms with E-state index in [9.17, 15) is 4.79 Å². The quantitative estimate of drug-likeness (QED) is 0.535. The summed E-state index contributed by atoms with van der Waals surface area (Å²) >= 11 is -0.472. The average molecular weight is 354 g/mol. The Bertz CT molecular complexity index is 622. The fourth-order valence-electron chi connectivity index (χ4n) is 1.44.